The van der Waals surface area contributed by atoms with E-state index in [1.807, 2.05) is 18.7 Å². The first kappa shape index (κ1) is 15.8. The van der Waals surface area contributed by atoms with Crippen molar-refractivity contribution in [3.8, 4) is 11.8 Å². The predicted octanol–water partition coefficient (Wildman–Crippen LogP) is 0.703. The second-order valence-electron chi connectivity index (χ2n) is 4.22. The van der Waals surface area contributed by atoms with E-state index in [-0.39, 0.29) is 11.8 Å². The first-order valence-electron chi connectivity index (χ1n) is 6.25. The van der Waals surface area contributed by atoms with E-state index in [2.05, 4.69) is 15.1 Å². The summed E-state index contributed by atoms with van der Waals surface area (Å²) in [5, 5.41) is 11.7. The Kier molecular flexibility index (Phi) is 5.82. The number of aromatic nitrogens is 2. The van der Waals surface area contributed by atoms with Crippen LogP contribution in [0.1, 0.15) is 13.8 Å². The molecule has 20 heavy (non-hydrogen) atoms. The van der Waals surface area contributed by atoms with Crippen molar-refractivity contribution in [1.29, 1.82) is 0 Å². The van der Waals surface area contributed by atoms with Crippen molar-refractivity contribution in [3.05, 3.63) is 6.07 Å². The number of rotatable bonds is 7. The van der Waals surface area contributed by atoms with Crippen molar-refractivity contribution in [1.82, 2.24) is 9.97 Å². The molecule has 8 nitrogen and oxygen atoms in total. The minimum absolute atomic E-state index is 0.138. The summed E-state index contributed by atoms with van der Waals surface area (Å²) in [6, 6.07) is 1.60. The molecule has 0 fully saturated rings. The topological polar surface area (TPSA) is 106 Å². The van der Waals surface area contributed by atoms with Crippen molar-refractivity contribution in [2.24, 2.45) is 16.8 Å². The van der Waals surface area contributed by atoms with Gasteiger partial charge in [0.25, 0.3) is 0 Å². The Morgan fingerprint density at radius 2 is 1.95 bits per heavy atom. The maximum atomic E-state index is 8.70. The highest BCUT2D eigenvalue weighted by molar-refractivity contribution is 5.82. The van der Waals surface area contributed by atoms with Crippen molar-refractivity contribution >= 4 is 11.8 Å². The van der Waals surface area contributed by atoms with E-state index in [1.165, 1.54) is 14.2 Å². The van der Waals surface area contributed by atoms with Gasteiger partial charge in [-0.1, -0.05) is 12.1 Å². The molecule has 0 aromatic carbocycles. The van der Waals surface area contributed by atoms with Crippen molar-refractivity contribution in [2.45, 2.75) is 13.8 Å². The normalized spacial score (nSPS) is 12.9. The zero-order chi connectivity index (χ0) is 15.1. The smallest absolute Gasteiger partial charge is 0.231 e. The van der Waals surface area contributed by atoms with Crippen LogP contribution in [0.25, 0.3) is 0 Å². The lowest BCUT2D eigenvalue weighted by molar-refractivity contribution is 0.314. The Morgan fingerprint density at radius 1 is 1.40 bits per heavy atom. The molecule has 0 aliphatic heterocycles. The highest BCUT2D eigenvalue weighted by atomic mass is 16.5. The fourth-order valence-corrected chi connectivity index (χ4v) is 1.62. The van der Waals surface area contributed by atoms with Gasteiger partial charge < -0.3 is 25.3 Å². The average molecular weight is 283 g/mol. The molecule has 1 atom stereocenters. The minimum Gasteiger partial charge on any atom is -0.481 e. The second-order valence-corrected chi connectivity index (χ2v) is 4.22. The zero-order valence-corrected chi connectivity index (χ0v) is 12.2. The van der Waals surface area contributed by atoms with E-state index >= 15 is 0 Å². The largest absolute Gasteiger partial charge is 0.481 e. The number of oxime groups is 1. The van der Waals surface area contributed by atoms with Crippen LogP contribution in [-0.2, 0) is 0 Å². The predicted molar refractivity (Wildman–Crippen MR) is 75.6 cm³/mol. The van der Waals surface area contributed by atoms with Gasteiger partial charge >= 0.3 is 0 Å². The van der Waals surface area contributed by atoms with Crippen LogP contribution in [0.5, 0.6) is 11.8 Å². The molecule has 0 saturated carbocycles. The second kappa shape index (κ2) is 7.37. The Labute approximate surface area is 118 Å². The molecule has 3 N–H and O–H groups in total. The summed E-state index contributed by atoms with van der Waals surface area (Å²) in [5.41, 5.74) is 5.59. The molecular weight excluding hydrogens is 262 g/mol. The van der Waals surface area contributed by atoms with Gasteiger partial charge in [-0.25, -0.2) is 0 Å². The number of hydrogen-bond acceptors (Lipinski definition) is 7. The molecule has 0 aliphatic rings. The summed E-state index contributed by atoms with van der Waals surface area (Å²) < 4.78 is 10.2. The Bertz CT molecular complexity index is 444. The van der Waals surface area contributed by atoms with Crippen LogP contribution in [0.15, 0.2) is 11.2 Å². The lowest BCUT2D eigenvalue weighted by Crippen LogP contribution is -2.36. The summed E-state index contributed by atoms with van der Waals surface area (Å²) in [6.07, 6.45) is 0. The standard InChI is InChI=1S/C12H21N5O3/c1-5-17(7-8(2)11(13)16-18)12-14-9(19-3)6-10(15-12)20-4/h6,8,18H,5,7H2,1-4H3,(H2,13,16). The van der Waals surface area contributed by atoms with Gasteiger partial charge in [0.05, 0.1) is 20.3 Å². The molecular formula is C12H21N5O3. The van der Waals surface area contributed by atoms with Crippen LogP contribution in [-0.4, -0.2) is 48.3 Å². The first-order chi connectivity index (χ1) is 9.55. The summed E-state index contributed by atoms with van der Waals surface area (Å²) in [4.78, 5) is 10.5. The average Bonchev–Trinajstić information content (AvgIpc) is 2.50. The van der Waals surface area contributed by atoms with Gasteiger partial charge in [0.1, 0.15) is 5.84 Å². The third-order valence-electron chi connectivity index (χ3n) is 2.86. The minimum atomic E-state index is -0.138. The SMILES string of the molecule is CCN(CC(C)/C(N)=N/O)c1nc(OC)cc(OC)n1. The van der Waals surface area contributed by atoms with Gasteiger partial charge in [0, 0.05) is 19.0 Å². The third-order valence-corrected chi connectivity index (χ3v) is 2.86. The van der Waals surface area contributed by atoms with Gasteiger partial charge in [0.15, 0.2) is 0 Å². The fourth-order valence-electron chi connectivity index (χ4n) is 1.62. The van der Waals surface area contributed by atoms with Gasteiger partial charge in [-0.15, -0.1) is 0 Å². The molecule has 0 aliphatic carbocycles. The van der Waals surface area contributed by atoms with Crippen LogP contribution < -0.4 is 20.1 Å². The summed E-state index contributed by atoms with van der Waals surface area (Å²) in [5.74, 6) is 1.34. The van der Waals surface area contributed by atoms with E-state index in [1.54, 1.807) is 6.07 Å². The summed E-state index contributed by atoms with van der Waals surface area (Å²) in [7, 11) is 3.06. The molecule has 0 spiro atoms. The fraction of sp³-hybridized carbons (Fsp3) is 0.583. The highest BCUT2D eigenvalue weighted by Crippen LogP contribution is 2.20. The van der Waals surface area contributed by atoms with Crippen LogP contribution in [0.4, 0.5) is 5.95 Å². The molecule has 1 rings (SSSR count). The molecule has 112 valence electrons. The Hall–Kier alpha value is -2.25. The molecule has 8 heteroatoms. The monoisotopic (exact) mass is 283 g/mol. The number of nitrogens with two attached hydrogens (primary N) is 1. The zero-order valence-electron chi connectivity index (χ0n) is 12.2. The lowest BCUT2D eigenvalue weighted by Gasteiger charge is -2.24. The van der Waals surface area contributed by atoms with Gasteiger partial charge in [-0.3, -0.25) is 0 Å². The number of methoxy groups -OCH3 is 2. The Balaban J connectivity index is 2.99. The van der Waals surface area contributed by atoms with E-state index in [0.29, 0.717) is 30.8 Å². The van der Waals surface area contributed by atoms with E-state index < -0.39 is 0 Å². The quantitative estimate of drug-likeness (QED) is 0.328. The lowest BCUT2D eigenvalue weighted by atomic mass is 10.1. The molecule has 1 aromatic rings. The van der Waals surface area contributed by atoms with Crippen LogP contribution in [0.2, 0.25) is 0 Å². The number of amidine groups is 1. The first-order valence-corrected chi connectivity index (χ1v) is 6.25. The molecule has 1 unspecified atom stereocenters. The van der Waals surface area contributed by atoms with E-state index in [4.69, 9.17) is 20.4 Å². The number of nitrogens with zero attached hydrogens (tertiary/aromatic N) is 4. The molecule has 0 radical (unpaired) electrons. The molecule has 0 amide bonds. The molecule has 1 aromatic heterocycles. The van der Waals surface area contributed by atoms with Crippen LogP contribution >= 0.6 is 0 Å². The summed E-state index contributed by atoms with van der Waals surface area (Å²) in [6.45, 7) is 5.01. The maximum absolute atomic E-state index is 8.70. The van der Waals surface area contributed by atoms with Gasteiger partial charge in [-0.05, 0) is 6.92 Å². The van der Waals surface area contributed by atoms with Crippen LogP contribution in [0, 0.1) is 5.92 Å². The van der Waals surface area contributed by atoms with Gasteiger partial charge in [0.2, 0.25) is 17.7 Å². The highest BCUT2D eigenvalue weighted by Gasteiger charge is 2.17. The van der Waals surface area contributed by atoms with E-state index in [0.717, 1.165) is 0 Å². The molecule has 0 saturated heterocycles. The Morgan fingerprint density at radius 3 is 2.35 bits per heavy atom. The van der Waals surface area contributed by atoms with Gasteiger partial charge in [-0.2, -0.15) is 9.97 Å². The van der Waals surface area contributed by atoms with Crippen LogP contribution in [0.3, 0.4) is 0 Å². The van der Waals surface area contributed by atoms with Crippen molar-refractivity contribution in [3.63, 3.8) is 0 Å². The summed E-state index contributed by atoms with van der Waals surface area (Å²) >= 11 is 0. The molecule has 0 bridgehead atoms. The van der Waals surface area contributed by atoms with Crippen molar-refractivity contribution in [2.75, 3.05) is 32.2 Å². The third kappa shape index (κ3) is 3.87. The molecule has 1 heterocycles. The number of hydrogen-bond donors (Lipinski definition) is 2. The number of ether oxygens (including phenoxy) is 2. The van der Waals surface area contributed by atoms with Crippen molar-refractivity contribution < 1.29 is 14.7 Å². The number of anilines is 1. The maximum Gasteiger partial charge on any atom is 0.231 e. The van der Waals surface area contributed by atoms with E-state index in [9.17, 15) is 0 Å².